The topological polar surface area (TPSA) is 62.5 Å². The van der Waals surface area contributed by atoms with E-state index in [1.165, 1.54) is 6.07 Å². The van der Waals surface area contributed by atoms with Gasteiger partial charge in [0.05, 0.1) is 6.54 Å². The number of carbonyl (C=O) groups is 1. The van der Waals surface area contributed by atoms with Crippen LogP contribution in [0.3, 0.4) is 0 Å². The highest BCUT2D eigenvalue weighted by atomic mass is 19.2. The lowest BCUT2D eigenvalue weighted by Crippen LogP contribution is -2.38. The van der Waals surface area contributed by atoms with Crippen molar-refractivity contribution < 1.29 is 23.1 Å². The molecule has 0 spiro atoms. The van der Waals surface area contributed by atoms with Crippen LogP contribution in [0.25, 0.3) is 0 Å². The van der Waals surface area contributed by atoms with Crippen molar-refractivity contribution in [2.75, 3.05) is 6.54 Å². The highest BCUT2D eigenvalue weighted by Crippen LogP contribution is 2.26. The van der Waals surface area contributed by atoms with Gasteiger partial charge in [-0.05, 0) is 51.0 Å². The molecule has 0 aliphatic carbocycles. The second kappa shape index (κ2) is 7.13. The zero-order valence-electron chi connectivity index (χ0n) is 14.0. The Balaban J connectivity index is 1.88. The van der Waals surface area contributed by atoms with Crippen molar-refractivity contribution in [3.05, 3.63) is 58.5 Å². The fourth-order valence-corrected chi connectivity index (χ4v) is 2.57. The Bertz CT molecular complexity index is 738. The molecule has 4 nitrogen and oxygen atoms in total. The van der Waals surface area contributed by atoms with Crippen LogP contribution in [0.5, 0.6) is 0 Å². The van der Waals surface area contributed by atoms with E-state index >= 15 is 0 Å². The largest absolute Gasteiger partial charge is 0.466 e. The van der Waals surface area contributed by atoms with Crippen molar-refractivity contribution in [2.24, 2.45) is 0 Å². The molecule has 0 saturated carbocycles. The van der Waals surface area contributed by atoms with Gasteiger partial charge in [0.1, 0.15) is 17.1 Å². The van der Waals surface area contributed by atoms with Gasteiger partial charge < -0.3 is 14.8 Å². The Morgan fingerprint density at radius 2 is 1.96 bits per heavy atom. The number of rotatable bonds is 6. The van der Waals surface area contributed by atoms with E-state index in [1.54, 1.807) is 26.8 Å². The molecule has 1 unspecified atom stereocenters. The Hall–Kier alpha value is -2.21. The van der Waals surface area contributed by atoms with E-state index in [1.807, 2.05) is 0 Å². The first-order valence-corrected chi connectivity index (χ1v) is 7.69. The van der Waals surface area contributed by atoms with Crippen LogP contribution in [-0.4, -0.2) is 17.6 Å². The molecule has 0 aliphatic heterocycles. The lowest BCUT2D eigenvalue weighted by Gasteiger charge is -2.23. The molecule has 6 heteroatoms. The molecule has 0 saturated heterocycles. The number of nitrogens with one attached hydrogen (secondary N) is 1. The first-order chi connectivity index (χ1) is 11.2. The molecule has 0 aliphatic rings. The fourth-order valence-electron chi connectivity index (χ4n) is 2.57. The summed E-state index contributed by atoms with van der Waals surface area (Å²) in [6, 6.07) is 5.30. The molecule has 0 bridgehead atoms. The summed E-state index contributed by atoms with van der Waals surface area (Å²) in [5.41, 5.74) is -0.0857. The number of amides is 1. The summed E-state index contributed by atoms with van der Waals surface area (Å²) in [7, 11) is 0. The predicted molar refractivity (Wildman–Crippen MR) is 85.4 cm³/mol. The van der Waals surface area contributed by atoms with Gasteiger partial charge in [-0.3, -0.25) is 4.79 Å². The van der Waals surface area contributed by atoms with Crippen molar-refractivity contribution in [3.8, 4) is 0 Å². The number of hydrogen-bond donors (Lipinski definition) is 2. The van der Waals surface area contributed by atoms with Gasteiger partial charge in [0, 0.05) is 12.0 Å². The van der Waals surface area contributed by atoms with Gasteiger partial charge in [0.25, 0.3) is 0 Å². The third-order valence-corrected chi connectivity index (χ3v) is 3.88. The van der Waals surface area contributed by atoms with Crippen LogP contribution in [0.2, 0.25) is 0 Å². The van der Waals surface area contributed by atoms with Gasteiger partial charge in [-0.25, -0.2) is 8.78 Å². The Morgan fingerprint density at radius 1 is 1.25 bits per heavy atom. The number of carbonyl (C=O) groups excluding carboxylic acids is 1. The van der Waals surface area contributed by atoms with Crippen LogP contribution in [0.4, 0.5) is 8.78 Å². The average Bonchev–Trinajstić information content (AvgIpc) is 2.86. The summed E-state index contributed by atoms with van der Waals surface area (Å²) in [4.78, 5) is 11.9. The molecule has 130 valence electrons. The quantitative estimate of drug-likeness (QED) is 0.851. The molecule has 1 atom stereocenters. The van der Waals surface area contributed by atoms with Crippen molar-refractivity contribution in [1.29, 1.82) is 0 Å². The number of furan rings is 1. The Labute approximate surface area is 139 Å². The lowest BCUT2D eigenvalue weighted by atomic mass is 9.96. The lowest BCUT2D eigenvalue weighted by molar-refractivity contribution is -0.122. The van der Waals surface area contributed by atoms with E-state index in [0.717, 1.165) is 12.1 Å². The van der Waals surface area contributed by atoms with Crippen molar-refractivity contribution in [3.63, 3.8) is 0 Å². The van der Waals surface area contributed by atoms with Crippen molar-refractivity contribution >= 4 is 5.91 Å². The first kappa shape index (κ1) is 18.1. The van der Waals surface area contributed by atoms with E-state index in [2.05, 4.69) is 5.32 Å². The highest BCUT2D eigenvalue weighted by Gasteiger charge is 2.28. The summed E-state index contributed by atoms with van der Waals surface area (Å²) < 4.78 is 31.4. The van der Waals surface area contributed by atoms with Crippen molar-refractivity contribution in [1.82, 2.24) is 5.32 Å². The molecule has 0 fully saturated rings. The number of aryl methyl sites for hydroxylation is 3. The summed E-state index contributed by atoms with van der Waals surface area (Å²) in [6.07, 6.45) is 0.402. The number of benzene rings is 1. The number of aliphatic hydroxyl groups is 1. The van der Waals surface area contributed by atoms with Gasteiger partial charge in [-0.15, -0.1) is 0 Å². The van der Waals surface area contributed by atoms with E-state index in [0.29, 0.717) is 22.6 Å². The third kappa shape index (κ3) is 4.41. The molecule has 0 radical (unpaired) electrons. The molecule has 1 amide bonds. The minimum absolute atomic E-state index is 0.0312. The number of hydrogen-bond acceptors (Lipinski definition) is 3. The zero-order valence-corrected chi connectivity index (χ0v) is 14.0. The van der Waals surface area contributed by atoms with Crippen LogP contribution in [0.1, 0.15) is 36.0 Å². The van der Waals surface area contributed by atoms with Gasteiger partial charge in [0.15, 0.2) is 11.6 Å². The van der Waals surface area contributed by atoms with Crippen LogP contribution in [-0.2, 0) is 16.8 Å². The second-order valence-corrected chi connectivity index (χ2v) is 6.13. The maximum Gasteiger partial charge on any atom is 0.220 e. The van der Waals surface area contributed by atoms with Gasteiger partial charge in [0.2, 0.25) is 5.91 Å². The number of halogens is 2. The Kier molecular flexibility index (Phi) is 5.39. The van der Waals surface area contributed by atoms with Gasteiger partial charge >= 0.3 is 0 Å². The van der Waals surface area contributed by atoms with Crippen LogP contribution in [0, 0.1) is 25.5 Å². The molecule has 1 aromatic carbocycles. The molecule has 1 aromatic heterocycles. The average molecular weight is 337 g/mol. The third-order valence-electron chi connectivity index (χ3n) is 3.88. The van der Waals surface area contributed by atoms with E-state index in [9.17, 15) is 18.7 Å². The van der Waals surface area contributed by atoms with Crippen molar-refractivity contribution in [2.45, 2.75) is 39.2 Å². The van der Waals surface area contributed by atoms with E-state index in [-0.39, 0.29) is 25.3 Å². The normalized spacial score (nSPS) is 13.6. The standard InChI is InChI=1S/C18H21F2NO3/c1-11-8-14(12(2)24-11)18(3,23)10-21-17(22)7-5-13-4-6-15(19)16(20)9-13/h4,6,8-9,23H,5,7,10H2,1-3H3,(H,21,22). The van der Waals surface area contributed by atoms with E-state index < -0.39 is 17.2 Å². The first-order valence-electron chi connectivity index (χ1n) is 7.69. The van der Waals surface area contributed by atoms with Gasteiger partial charge in [-0.1, -0.05) is 6.07 Å². The predicted octanol–water partition coefficient (Wildman–Crippen LogP) is 3.13. The highest BCUT2D eigenvalue weighted by molar-refractivity contribution is 5.76. The molecular weight excluding hydrogens is 316 g/mol. The molecule has 2 aromatic rings. The summed E-state index contributed by atoms with van der Waals surface area (Å²) in [6.45, 7) is 5.16. The van der Waals surface area contributed by atoms with Crippen LogP contribution >= 0.6 is 0 Å². The summed E-state index contributed by atoms with van der Waals surface area (Å²) in [5, 5.41) is 13.2. The molecule has 2 rings (SSSR count). The SMILES string of the molecule is Cc1cc(C(C)(O)CNC(=O)CCc2ccc(F)c(F)c2)c(C)o1. The second-order valence-electron chi connectivity index (χ2n) is 6.13. The smallest absolute Gasteiger partial charge is 0.220 e. The monoisotopic (exact) mass is 337 g/mol. The molecule has 2 N–H and O–H groups in total. The zero-order chi connectivity index (χ0) is 17.9. The van der Waals surface area contributed by atoms with E-state index in [4.69, 9.17) is 4.42 Å². The molecule has 24 heavy (non-hydrogen) atoms. The summed E-state index contributed by atoms with van der Waals surface area (Å²) in [5.74, 6) is -0.828. The minimum atomic E-state index is -1.25. The maximum atomic E-state index is 13.1. The maximum absolute atomic E-state index is 13.1. The molecule has 1 heterocycles. The fraction of sp³-hybridized carbons (Fsp3) is 0.389. The summed E-state index contributed by atoms with van der Waals surface area (Å²) >= 11 is 0. The van der Waals surface area contributed by atoms with Gasteiger partial charge in [-0.2, -0.15) is 0 Å². The minimum Gasteiger partial charge on any atom is -0.466 e. The Morgan fingerprint density at radius 3 is 2.54 bits per heavy atom. The van der Waals surface area contributed by atoms with Crippen LogP contribution < -0.4 is 5.32 Å². The van der Waals surface area contributed by atoms with Crippen LogP contribution in [0.15, 0.2) is 28.7 Å². The molecular formula is C18H21F2NO3.